The lowest BCUT2D eigenvalue weighted by molar-refractivity contribution is 0.0475. The fourth-order valence-electron chi connectivity index (χ4n) is 1.32. The summed E-state index contributed by atoms with van der Waals surface area (Å²) in [5, 5.41) is 4.96. The van der Waals surface area contributed by atoms with Gasteiger partial charge >= 0.3 is 5.97 Å². The van der Waals surface area contributed by atoms with Crippen LogP contribution in [0.15, 0.2) is 29.2 Å². The van der Waals surface area contributed by atoms with E-state index < -0.39 is 16.0 Å². The molecule has 1 rings (SSSR count). The van der Waals surface area contributed by atoms with E-state index in [4.69, 9.17) is 9.88 Å². The van der Waals surface area contributed by atoms with Gasteiger partial charge in [-0.3, -0.25) is 0 Å². The molecule has 2 N–H and O–H groups in total. The first-order valence-corrected chi connectivity index (χ1v) is 7.37. The molecule has 0 unspecified atom stereocenters. The summed E-state index contributed by atoms with van der Waals surface area (Å²) in [4.78, 5) is 13.6. The van der Waals surface area contributed by atoms with Gasteiger partial charge in [0.15, 0.2) is 0 Å². The Bertz CT molecular complexity index is 525. The van der Waals surface area contributed by atoms with Gasteiger partial charge in [-0.05, 0) is 37.9 Å². The highest BCUT2D eigenvalue weighted by atomic mass is 32.2. The minimum Gasteiger partial charge on any atom is -0.461 e. The van der Waals surface area contributed by atoms with Crippen molar-refractivity contribution in [3.8, 4) is 0 Å². The van der Waals surface area contributed by atoms with Crippen LogP contribution in [-0.2, 0) is 14.8 Å². The first-order chi connectivity index (χ1) is 8.84. The van der Waals surface area contributed by atoms with Gasteiger partial charge in [0.25, 0.3) is 0 Å². The SMILES string of the molecule is CCN(C)CCOC(=O)c1ccc(S(N)(=O)=O)cc1. The van der Waals surface area contributed by atoms with E-state index >= 15 is 0 Å². The molecule has 0 bridgehead atoms. The third-order valence-electron chi connectivity index (χ3n) is 2.66. The maximum absolute atomic E-state index is 11.7. The number of esters is 1. The smallest absolute Gasteiger partial charge is 0.338 e. The molecule has 0 saturated heterocycles. The highest BCUT2D eigenvalue weighted by Crippen LogP contribution is 2.09. The summed E-state index contributed by atoms with van der Waals surface area (Å²) >= 11 is 0. The van der Waals surface area contributed by atoms with Gasteiger partial charge in [0.1, 0.15) is 6.61 Å². The van der Waals surface area contributed by atoms with E-state index in [0.717, 1.165) is 6.54 Å². The van der Waals surface area contributed by atoms with Crippen molar-refractivity contribution in [1.82, 2.24) is 4.90 Å². The Hall–Kier alpha value is -1.44. The molecule has 0 aliphatic rings. The van der Waals surface area contributed by atoms with Crippen molar-refractivity contribution in [3.63, 3.8) is 0 Å². The number of benzene rings is 1. The van der Waals surface area contributed by atoms with Crippen LogP contribution >= 0.6 is 0 Å². The fraction of sp³-hybridized carbons (Fsp3) is 0.417. The normalized spacial score (nSPS) is 11.6. The van der Waals surface area contributed by atoms with Crippen molar-refractivity contribution in [2.45, 2.75) is 11.8 Å². The van der Waals surface area contributed by atoms with E-state index in [1.54, 1.807) is 0 Å². The summed E-state index contributed by atoms with van der Waals surface area (Å²) in [5.41, 5.74) is 0.298. The Labute approximate surface area is 113 Å². The predicted octanol–water partition coefficient (Wildman–Crippen LogP) is 0.443. The van der Waals surface area contributed by atoms with Gasteiger partial charge in [-0.1, -0.05) is 6.92 Å². The zero-order valence-electron chi connectivity index (χ0n) is 11.0. The van der Waals surface area contributed by atoms with Crippen LogP contribution < -0.4 is 5.14 Å². The molecule has 106 valence electrons. The van der Waals surface area contributed by atoms with Crippen LogP contribution in [0.3, 0.4) is 0 Å². The molecular formula is C12H18N2O4S. The molecule has 0 heterocycles. The Morgan fingerprint density at radius 1 is 1.32 bits per heavy atom. The molecule has 19 heavy (non-hydrogen) atoms. The van der Waals surface area contributed by atoms with Crippen molar-refractivity contribution in [2.75, 3.05) is 26.7 Å². The van der Waals surface area contributed by atoms with E-state index in [0.29, 0.717) is 18.7 Å². The highest BCUT2D eigenvalue weighted by molar-refractivity contribution is 7.89. The summed E-state index contributed by atoms with van der Waals surface area (Å²) in [6, 6.07) is 5.32. The van der Waals surface area contributed by atoms with Crippen LogP contribution in [0, 0.1) is 0 Å². The largest absolute Gasteiger partial charge is 0.461 e. The van der Waals surface area contributed by atoms with Crippen LogP contribution in [0.2, 0.25) is 0 Å². The van der Waals surface area contributed by atoms with Gasteiger partial charge in [0.05, 0.1) is 10.5 Å². The average Bonchev–Trinajstić information content (AvgIpc) is 2.37. The molecule has 0 saturated carbocycles. The molecule has 1 aromatic rings. The van der Waals surface area contributed by atoms with Crippen LogP contribution in [0.25, 0.3) is 0 Å². The number of carbonyl (C=O) groups excluding carboxylic acids is 1. The van der Waals surface area contributed by atoms with Crippen LogP contribution in [0.4, 0.5) is 0 Å². The Morgan fingerprint density at radius 3 is 2.37 bits per heavy atom. The average molecular weight is 286 g/mol. The van der Waals surface area contributed by atoms with Gasteiger partial charge in [-0.25, -0.2) is 18.4 Å². The zero-order valence-corrected chi connectivity index (χ0v) is 11.8. The van der Waals surface area contributed by atoms with E-state index in [-0.39, 0.29) is 4.90 Å². The molecule has 0 fully saturated rings. The van der Waals surface area contributed by atoms with Crippen molar-refractivity contribution < 1.29 is 17.9 Å². The van der Waals surface area contributed by atoms with Crippen molar-refractivity contribution in [3.05, 3.63) is 29.8 Å². The van der Waals surface area contributed by atoms with E-state index in [2.05, 4.69) is 0 Å². The second-order valence-corrected chi connectivity index (χ2v) is 5.66. The lowest BCUT2D eigenvalue weighted by Crippen LogP contribution is -2.24. The number of ether oxygens (including phenoxy) is 1. The predicted molar refractivity (Wildman–Crippen MR) is 71.3 cm³/mol. The quantitative estimate of drug-likeness (QED) is 0.766. The monoisotopic (exact) mass is 286 g/mol. The summed E-state index contributed by atoms with van der Waals surface area (Å²) in [7, 11) is -1.81. The third-order valence-corrected chi connectivity index (χ3v) is 3.59. The van der Waals surface area contributed by atoms with Gasteiger partial charge in [0.2, 0.25) is 10.0 Å². The van der Waals surface area contributed by atoms with Crippen LogP contribution in [0.5, 0.6) is 0 Å². The Balaban J connectivity index is 2.59. The minimum absolute atomic E-state index is 0.0326. The van der Waals surface area contributed by atoms with Crippen molar-refractivity contribution in [1.29, 1.82) is 0 Å². The Morgan fingerprint density at radius 2 is 1.89 bits per heavy atom. The van der Waals surface area contributed by atoms with Crippen LogP contribution in [0.1, 0.15) is 17.3 Å². The van der Waals surface area contributed by atoms with Gasteiger partial charge in [0, 0.05) is 6.54 Å². The number of likely N-dealkylation sites (N-methyl/N-ethyl adjacent to an activating group) is 1. The number of hydrogen-bond donors (Lipinski definition) is 1. The number of nitrogens with zero attached hydrogens (tertiary/aromatic N) is 1. The summed E-state index contributed by atoms with van der Waals surface area (Å²) < 4.78 is 27.2. The molecule has 0 aromatic heterocycles. The van der Waals surface area contributed by atoms with Gasteiger partial charge < -0.3 is 9.64 Å². The number of nitrogens with two attached hydrogens (primary N) is 1. The molecule has 6 nitrogen and oxygen atoms in total. The molecule has 1 aromatic carbocycles. The highest BCUT2D eigenvalue weighted by Gasteiger charge is 2.11. The molecule has 0 aliphatic heterocycles. The first kappa shape index (κ1) is 15.6. The molecular weight excluding hydrogens is 268 g/mol. The molecule has 0 aliphatic carbocycles. The summed E-state index contributed by atoms with van der Waals surface area (Å²) in [6.45, 7) is 3.83. The number of primary sulfonamides is 1. The van der Waals surface area contributed by atoms with E-state index in [9.17, 15) is 13.2 Å². The van der Waals surface area contributed by atoms with Gasteiger partial charge in [-0.2, -0.15) is 0 Å². The lowest BCUT2D eigenvalue weighted by Gasteiger charge is -2.13. The molecule has 0 radical (unpaired) electrons. The zero-order chi connectivity index (χ0) is 14.5. The van der Waals surface area contributed by atoms with Crippen molar-refractivity contribution in [2.24, 2.45) is 5.14 Å². The summed E-state index contributed by atoms with van der Waals surface area (Å²) in [5.74, 6) is -0.481. The molecule has 0 amide bonds. The second-order valence-electron chi connectivity index (χ2n) is 4.10. The van der Waals surface area contributed by atoms with E-state index in [1.165, 1.54) is 24.3 Å². The second kappa shape index (κ2) is 6.65. The fourth-order valence-corrected chi connectivity index (χ4v) is 1.83. The maximum Gasteiger partial charge on any atom is 0.338 e. The lowest BCUT2D eigenvalue weighted by atomic mass is 10.2. The number of hydrogen-bond acceptors (Lipinski definition) is 5. The van der Waals surface area contributed by atoms with Gasteiger partial charge in [-0.15, -0.1) is 0 Å². The summed E-state index contributed by atoms with van der Waals surface area (Å²) in [6.07, 6.45) is 0. The Kier molecular flexibility index (Phi) is 5.46. The number of sulfonamides is 1. The molecule has 0 spiro atoms. The maximum atomic E-state index is 11.7. The van der Waals surface area contributed by atoms with Crippen molar-refractivity contribution >= 4 is 16.0 Å². The van der Waals surface area contributed by atoms with E-state index in [1.807, 2.05) is 18.9 Å². The van der Waals surface area contributed by atoms with Crippen LogP contribution in [-0.4, -0.2) is 46.0 Å². The minimum atomic E-state index is -3.74. The molecule has 0 atom stereocenters. The standard InChI is InChI=1S/C12H18N2O4S/c1-3-14(2)8-9-18-12(15)10-4-6-11(7-5-10)19(13,16)17/h4-7H,3,8-9H2,1-2H3,(H2,13,16,17). The topological polar surface area (TPSA) is 89.7 Å². The number of carbonyl (C=O) groups is 1. The third kappa shape index (κ3) is 4.98. The first-order valence-electron chi connectivity index (χ1n) is 5.83. The molecule has 7 heteroatoms. The number of rotatable bonds is 6.